The Morgan fingerprint density at radius 1 is 1.40 bits per heavy atom. The lowest BCUT2D eigenvalue weighted by molar-refractivity contribution is 0.378. The molecule has 2 N–H and O–H groups in total. The monoisotopic (exact) mass is 231 g/mol. The zero-order valence-electron chi connectivity index (χ0n) is 8.93. The van der Waals surface area contributed by atoms with Gasteiger partial charge in [0.15, 0.2) is 0 Å². The molecule has 0 fully saturated rings. The molecule has 1 aromatic carbocycles. The molecule has 0 aliphatic carbocycles. The predicted octanol–water partition coefficient (Wildman–Crippen LogP) is 1.78. The van der Waals surface area contributed by atoms with Gasteiger partial charge in [-0.1, -0.05) is 11.6 Å². The number of methoxy groups -OCH3 is 2. The van der Waals surface area contributed by atoms with Crippen LogP contribution >= 0.6 is 11.6 Å². The van der Waals surface area contributed by atoms with Crippen LogP contribution in [0.2, 0.25) is 5.02 Å². The van der Waals surface area contributed by atoms with Crippen LogP contribution in [0, 0.1) is 0 Å². The summed E-state index contributed by atoms with van der Waals surface area (Å²) in [4.78, 5) is 0. The SMILES string of the molecule is CNCc1c(O)cc(OC)c(Cl)c1OC. The molecule has 0 atom stereocenters. The highest BCUT2D eigenvalue weighted by Crippen LogP contribution is 2.41. The summed E-state index contributed by atoms with van der Waals surface area (Å²) in [5.41, 5.74) is 0.616. The van der Waals surface area contributed by atoms with Crippen LogP contribution in [0.15, 0.2) is 6.07 Å². The van der Waals surface area contributed by atoms with E-state index in [1.165, 1.54) is 20.3 Å². The second-order valence-corrected chi connectivity index (χ2v) is 3.33. The quantitative estimate of drug-likeness (QED) is 0.830. The molecule has 0 saturated carbocycles. The molecule has 0 bridgehead atoms. The minimum atomic E-state index is 0.0995. The summed E-state index contributed by atoms with van der Waals surface area (Å²) >= 11 is 6.03. The van der Waals surface area contributed by atoms with Crippen LogP contribution in [0.1, 0.15) is 5.56 Å². The molecule has 0 aliphatic heterocycles. The van der Waals surface area contributed by atoms with Crippen LogP contribution in [0.3, 0.4) is 0 Å². The van der Waals surface area contributed by atoms with Crippen molar-refractivity contribution in [3.8, 4) is 17.2 Å². The number of benzene rings is 1. The topological polar surface area (TPSA) is 50.7 Å². The Hall–Kier alpha value is -1.13. The van der Waals surface area contributed by atoms with Crippen LogP contribution in [0.4, 0.5) is 0 Å². The number of nitrogens with one attached hydrogen (secondary N) is 1. The second kappa shape index (κ2) is 5.09. The fraction of sp³-hybridized carbons (Fsp3) is 0.400. The molecule has 0 aliphatic rings. The molecule has 15 heavy (non-hydrogen) atoms. The first-order valence-electron chi connectivity index (χ1n) is 4.42. The Bertz CT molecular complexity index is 355. The maximum absolute atomic E-state index is 9.73. The molecular formula is C10H14ClNO3. The summed E-state index contributed by atoms with van der Waals surface area (Å²) in [5, 5.41) is 13.0. The van der Waals surface area contributed by atoms with E-state index in [4.69, 9.17) is 21.1 Å². The van der Waals surface area contributed by atoms with E-state index in [0.717, 1.165) is 0 Å². The van der Waals surface area contributed by atoms with Crippen LogP contribution < -0.4 is 14.8 Å². The summed E-state index contributed by atoms with van der Waals surface area (Å²) in [6.45, 7) is 0.471. The van der Waals surface area contributed by atoms with Gasteiger partial charge >= 0.3 is 0 Å². The van der Waals surface area contributed by atoms with Crippen molar-refractivity contribution in [1.82, 2.24) is 5.32 Å². The molecule has 0 saturated heterocycles. The van der Waals surface area contributed by atoms with Crippen molar-refractivity contribution in [2.45, 2.75) is 6.54 Å². The van der Waals surface area contributed by atoms with Crippen molar-refractivity contribution in [2.24, 2.45) is 0 Å². The van der Waals surface area contributed by atoms with Gasteiger partial charge in [-0.15, -0.1) is 0 Å². The van der Waals surface area contributed by atoms with Crippen LogP contribution in [0.5, 0.6) is 17.2 Å². The van der Waals surface area contributed by atoms with Crippen molar-refractivity contribution in [1.29, 1.82) is 0 Å². The van der Waals surface area contributed by atoms with Crippen molar-refractivity contribution in [3.05, 3.63) is 16.7 Å². The fourth-order valence-electron chi connectivity index (χ4n) is 1.34. The Morgan fingerprint density at radius 3 is 2.53 bits per heavy atom. The van der Waals surface area contributed by atoms with Gasteiger partial charge in [-0.25, -0.2) is 0 Å². The van der Waals surface area contributed by atoms with Crippen LogP contribution in [0.25, 0.3) is 0 Å². The highest BCUT2D eigenvalue weighted by atomic mass is 35.5. The summed E-state index contributed by atoms with van der Waals surface area (Å²) < 4.78 is 10.1. The number of rotatable bonds is 4. The van der Waals surface area contributed by atoms with Gasteiger partial charge in [-0.05, 0) is 7.05 Å². The molecule has 1 rings (SSSR count). The first-order valence-corrected chi connectivity index (χ1v) is 4.80. The summed E-state index contributed by atoms with van der Waals surface area (Å²) in [6.07, 6.45) is 0. The first kappa shape index (κ1) is 11.9. The smallest absolute Gasteiger partial charge is 0.149 e. The molecule has 0 spiro atoms. The summed E-state index contributed by atoms with van der Waals surface area (Å²) in [7, 11) is 4.76. The summed E-state index contributed by atoms with van der Waals surface area (Å²) in [6, 6.07) is 1.47. The minimum Gasteiger partial charge on any atom is -0.507 e. The number of halogens is 1. The van der Waals surface area contributed by atoms with Crippen molar-refractivity contribution >= 4 is 11.6 Å². The predicted molar refractivity (Wildman–Crippen MR) is 59.0 cm³/mol. The molecular weight excluding hydrogens is 218 g/mol. The van der Waals surface area contributed by atoms with E-state index in [1.54, 1.807) is 7.05 Å². The van der Waals surface area contributed by atoms with Crippen LogP contribution in [-0.4, -0.2) is 26.4 Å². The van der Waals surface area contributed by atoms with Crippen LogP contribution in [-0.2, 0) is 6.54 Å². The van der Waals surface area contributed by atoms with Gasteiger partial charge in [-0.2, -0.15) is 0 Å². The highest BCUT2D eigenvalue weighted by molar-refractivity contribution is 6.33. The van der Waals surface area contributed by atoms with E-state index in [0.29, 0.717) is 28.6 Å². The molecule has 0 radical (unpaired) electrons. The Kier molecular flexibility index (Phi) is 4.05. The zero-order chi connectivity index (χ0) is 11.4. The van der Waals surface area contributed by atoms with E-state index in [9.17, 15) is 5.11 Å². The van der Waals surface area contributed by atoms with Gasteiger partial charge in [0.25, 0.3) is 0 Å². The normalized spacial score (nSPS) is 10.1. The number of hydrogen-bond acceptors (Lipinski definition) is 4. The molecule has 0 unspecified atom stereocenters. The van der Waals surface area contributed by atoms with Gasteiger partial charge in [0.1, 0.15) is 22.3 Å². The molecule has 4 nitrogen and oxygen atoms in total. The third kappa shape index (κ3) is 2.27. The Morgan fingerprint density at radius 2 is 2.07 bits per heavy atom. The van der Waals surface area contributed by atoms with Gasteiger partial charge < -0.3 is 19.9 Å². The number of phenols is 1. The van der Waals surface area contributed by atoms with Gasteiger partial charge in [0.2, 0.25) is 0 Å². The largest absolute Gasteiger partial charge is 0.507 e. The Labute approximate surface area is 93.8 Å². The maximum atomic E-state index is 9.73. The first-order chi connectivity index (χ1) is 7.15. The van der Waals surface area contributed by atoms with Gasteiger partial charge in [0, 0.05) is 12.6 Å². The van der Waals surface area contributed by atoms with Crippen molar-refractivity contribution in [3.63, 3.8) is 0 Å². The maximum Gasteiger partial charge on any atom is 0.149 e. The third-order valence-corrected chi connectivity index (χ3v) is 2.40. The molecule has 0 aromatic heterocycles. The van der Waals surface area contributed by atoms with Crippen molar-refractivity contribution < 1.29 is 14.6 Å². The van der Waals surface area contributed by atoms with E-state index >= 15 is 0 Å². The molecule has 1 aromatic rings. The molecule has 0 heterocycles. The van der Waals surface area contributed by atoms with Gasteiger partial charge in [-0.3, -0.25) is 0 Å². The minimum absolute atomic E-state index is 0.0995. The number of hydrogen-bond donors (Lipinski definition) is 2. The lowest BCUT2D eigenvalue weighted by Gasteiger charge is -2.14. The molecule has 84 valence electrons. The third-order valence-electron chi connectivity index (χ3n) is 2.04. The standard InChI is InChI=1S/C10H14ClNO3/c1-12-5-6-7(13)4-8(14-2)9(11)10(6)15-3/h4,12-13H,5H2,1-3H3. The van der Waals surface area contributed by atoms with E-state index < -0.39 is 0 Å². The molecule has 0 amide bonds. The number of ether oxygens (including phenoxy) is 2. The molecule has 5 heteroatoms. The fourth-order valence-corrected chi connectivity index (χ4v) is 1.67. The lowest BCUT2D eigenvalue weighted by Crippen LogP contribution is -2.07. The second-order valence-electron chi connectivity index (χ2n) is 2.95. The summed E-state index contributed by atoms with van der Waals surface area (Å²) in [5.74, 6) is 0.927. The number of aromatic hydroxyl groups is 1. The highest BCUT2D eigenvalue weighted by Gasteiger charge is 2.17. The van der Waals surface area contributed by atoms with Crippen molar-refractivity contribution in [2.75, 3.05) is 21.3 Å². The van der Waals surface area contributed by atoms with E-state index in [-0.39, 0.29) is 5.75 Å². The lowest BCUT2D eigenvalue weighted by atomic mass is 10.1. The number of phenolic OH excluding ortho intramolecular Hbond substituents is 1. The zero-order valence-corrected chi connectivity index (χ0v) is 9.68. The van der Waals surface area contributed by atoms with Gasteiger partial charge in [0.05, 0.1) is 19.8 Å². The average molecular weight is 232 g/mol. The Balaban J connectivity index is 3.32. The van der Waals surface area contributed by atoms with E-state index in [2.05, 4.69) is 5.32 Å². The average Bonchev–Trinajstić information content (AvgIpc) is 2.23. The van der Waals surface area contributed by atoms with E-state index in [1.807, 2.05) is 0 Å².